The number of methoxy groups -OCH3 is 1. The largest absolute Gasteiger partial charge is 0.495 e. The van der Waals surface area contributed by atoms with E-state index in [1.165, 1.54) is 37.1 Å². The van der Waals surface area contributed by atoms with Gasteiger partial charge in [-0.25, -0.2) is 0 Å². The molecule has 1 aliphatic carbocycles. The van der Waals surface area contributed by atoms with Crippen molar-refractivity contribution < 1.29 is 4.74 Å². The molecule has 0 radical (unpaired) electrons. The molecule has 1 aromatic carbocycles. The molecule has 0 saturated heterocycles. The standard InChI is InChI=1S/C14H20N2O/c1-16-10-14(8-3-4-9-14)15-13-11(16)6-5-7-12(13)17-2/h5-7,15H,3-4,8-10H2,1-2H3. The van der Waals surface area contributed by atoms with Gasteiger partial charge in [0.25, 0.3) is 0 Å². The maximum Gasteiger partial charge on any atom is 0.144 e. The summed E-state index contributed by atoms with van der Waals surface area (Å²) in [6, 6.07) is 6.25. The summed E-state index contributed by atoms with van der Waals surface area (Å²) in [7, 11) is 3.92. The minimum absolute atomic E-state index is 0.274. The third-order valence-corrected chi connectivity index (χ3v) is 4.13. The van der Waals surface area contributed by atoms with Crippen LogP contribution in [-0.4, -0.2) is 26.2 Å². The Bertz CT molecular complexity index is 424. The number of hydrogen-bond donors (Lipinski definition) is 1. The molecular formula is C14H20N2O. The van der Waals surface area contributed by atoms with E-state index in [0.29, 0.717) is 0 Å². The fourth-order valence-electron chi connectivity index (χ4n) is 3.31. The third kappa shape index (κ3) is 1.65. The van der Waals surface area contributed by atoms with Crippen LogP contribution in [0.3, 0.4) is 0 Å². The molecule has 1 N–H and O–H groups in total. The molecule has 17 heavy (non-hydrogen) atoms. The molecule has 1 saturated carbocycles. The quantitative estimate of drug-likeness (QED) is 0.805. The molecule has 0 aromatic heterocycles. The van der Waals surface area contributed by atoms with Gasteiger partial charge >= 0.3 is 0 Å². The predicted molar refractivity (Wildman–Crippen MR) is 71.1 cm³/mol. The monoisotopic (exact) mass is 232 g/mol. The number of ether oxygens (including phenoxy) is 1. The molecule has 1 fully saturated rings. The molecule has 2 aliphatic rings. The first kappa shape index (κ1) is 10.8. The lowest BCUT2D eigenvalue weighted by atomic mass is 9.93. The summed E-state index contributed by atoms with van der Waals surface area (Å²) in [6.45, 7) is 1.10. The maximum absolute atomic E-state index is 5.47. The minimum atomic E-state index is 0.274. The Balaban J connectivity index is 2.03. The van der Waals surface area contributed by atoms with Crippen LogP contribution in [0.15, 0.2) is 18.2 Å². The van der Waals surface area contributed by atoms with E-state index in [0.717, 1.165) is 12.3 Å². The van der Waals surface area contributed by atoms with E-state index in [9.17, 15) is 0 Å². The van der Waals surface area contributed by atoms with Gasteiger partial charge in [-0.05, 0) is 25.0 Å². The molecule has 0 amide bonds. The summed E-state index contributed by atoms with van der Waals surface area (Å²) in [4.78, 5) is 2.36. The van der Waals surface area contributed by atoms with Gasteiger partial charge in [-0.2, -0.15) is 0 Å². The third-order valence-electron chi connectivity index (χ3n) is 4.13. The second-order valence-corrected chi connectivity index (χ2v) is 5.32. The topological polar surface area (TPSA) is 24.5 Å². The fourth-order valence-corrected chi connectivity index (χ4v) is 3.31. The number of hydrogen-bond acceptors (Lipinski definition) is 3. The zero-order valence-electron chi connectivity index (χ0n) is 10.6. The number of para-hydroxylation sites is 1. The van der Waals surface area contributed by atoms with Crippen LogP contribution < -0.4 is 15.0 Å². The SMILES string of the molecule is COc1cccc2c1NC1(CCCC1)CN2C. The van der Waals surface area contributed by atoms with Crippen LogP contribution in [0.4, 0.5) is 11.4 Å². The Hall–Kier alpha value is -1.38. The summed E-state index contributed by atoms with van der Waals surface area (Å²) in [5, 5.41) is 3.76. The Morgan fingerprint density at radius 1 is 1.29 bits per heavy atom. The van der Waals surface area contributed by atoms with Crippen LogP contribution in [-0.2, 0) is 0 Å². The average Bonchev–Trinajstić information content (AvgIpc) is 2.76. The van der Waals surface area contributed by atoms with Crippen molar-refractivity contribution in [3.63, 3.8) is 0 Å². The first-order chi connectivity index (χ1) is 8.24. The molecular weight excluding hydrogens is 212 g/mol. The highest BCUT2D eigenvalue weighted by molar-refractivity contribution is 5.79. The molecule has 0 unspecified atom stereocenters. The zero-order valence-corrected chi connectivity index (χ0v) is 10.6. The van der Waals surface area contributed by atoms with Crippen molar-refractivity contribution in [2.75, 3.05) is 30.9 Å². The van der Waals surface area contributed by atoms with Crippen LogP contribution in [0.2, 0.25) is 0 Å². The molecule has 1 aromatic rings. The van der Waals surface area contributed by atoms with Gasteiger partial charge in [-0.1, -0.05) is 18.9 Å². The number of nitrogens with zero attached hydrogens (tertiary/aromatic N) is 1. The first-order valence-corrected chi connectivity index (χ1v) is 6.40. The van der Waals surface area contributed by atoms with Gasteiger partial charge in [0.05, 0.1) is 18.3 Å². The van der Waals surface area contributed by atoms with Crippen LogP contribution >= 0.6 is 0 Å². The minimum Gasteiger partial charge on any atom is -0.495 e. The highest BCUT2D eigenvalue weighted by Crippen LogP contribution is 2.45. The smallest absolute Gasteiger partial charge is 0.144 e. The Kier molecular flexibility index (Phi) is 2.42. The molecule has 0 bridgehead atoms. The van der Waals surface area contributed by atoms with Crippen LogP contribution in [0.1, 0.15) is 25.7 Å². The fraction of sp³-hybridized carbons (Fsp3) is 0.571. The maximum atomic E-state index is 5.47. The van der Waals surface area contributed by atoms with Crippen molar-refractivity contribution in [3.05, 3.63) is 18.2 Å². The van der Waals surface area contributed by atoms with E-state index < -0.39 is 0 Å². The second-order valence-electron chi connectivity index (χ2n) is 5.32. The average molecular weight is 232 g/mol. The van der Waals surface area contributed by atoms with Gasteiger partial charge in [0.1, 0.15) is 11.4 Å². The predicted octanol–water partition coefficient (Wildman–Crippen LogP) is 2.87. The number of anilines is 2. The summed E-state index contributed by atoms with van der Waals surface area (Å²) in [6.07, 6.45) is 5.22. The Morgan fingerprint density at radius 2 is 2.06 bits per heavy atom. The number of fused-ring (bicyclic) bond motifs is 1. The summed E-state index contributed by atoms with van der Waals surface area (Å²) >= 11 is 0. The lowest BCUT2D eigenvalue weighted by Gasteiger charge is -2.43. The molecule has 1 heterocycles. The Morgan fingerprint density at radius 3 is 2.76 bits per heavy atom. The molecule has 0 atom stereocenters. The highest BCUT2D eigenvalue weighted by Gasteiger charge is 2.39. The Labute approximate surface area is 103 Å². The van der Waals surface area contributed by atoms with Crippen LogP contribution in [0.25, 0.3) is 0 Å². The van der Waals surface area contributed by atoms with E-state index in [-0.39, 0.29) is 5.54 Å². The lowest BCUT2D eigenvalue weighted by molar-refractivity contribution is 0.408. The van der Waals surface area contributed by atoms with Crippen molar-refractivity contribution in [2.24, 2.45) is 0 Å². The number of likely N-dealkylation sites (N-methyl/N-ethyl adjacent to an activating group) is 1. The summed E-state index contributed by atoms with van der Waals surface area (Å²) in [5.74, 6) is 0.959. The molecule has 3 nitrogen and oxygen atoms in total. The van der Waals surface area contributed by atoms with Gasteiger partial charge in [0, 0.05) is 13.6 Å². The molecule has 92 valence electrons. The van der Waals surface area contributed by atoms with Crippen LogP contribution in [0.5, 0.6) is 5.75 Å². The van der Waals surface area contributed by atoms with Gasteiger partial charge in [-0.15, -0.1) is 0 Å². The van der Waals surface area contributed by atoms with E-state index in [1.807, 2.05) is 6.07 Å². The lowest BCUT2D eigenvalue weighted by Crippen LogP contribution is -2.49. The van der Waals surface area contributed by atoms with Crippen molar-refractivity contribution in [2.45, 2.75) is 31.2 Å². The van der Waals surface area contributed by atoms with Crippen molar-refractivity contribution in [3.8, 4) is 5.75 Å². The van der Waals surface area contributed by atoms with E-state index in [1.54, 1.807) is 7.11 Å². The van der Waals surface area contributed by atoms with Crippen molar-refractivity contribution >= 4 is 11.4 Å². The summed E-state index contributed by atoms with van der Waals surface area (Å²) in [5.41, 5.74) is 2.70. The normalized spacial score (nSPS) is 21.2. The van der Waals surface area contributed by atoms with E-state index >= 15 is 0 Å². The van der Waals surface area contributed by atoms with Crippen molar-refractivity contribution in [1.29, 1.82) is 0 Å². The molecule has 1 spiro atoms. The van der Waals surface area contributed by atoms with E-state index in [2.05, 4.69) is 29.4 Å². The molecule has 1 aliphatic heterocycles. The number of rotatable bonds is 1. The second kappa shape index (κ2) is 3.83. The zero-order chi connectivity index (χ0) is 11.9. The van der Waals surface area contributed by atoms with Gasteiger partial charge in [-0.3, -0.25) is 0 Å². The number of benzene rings is 1. The van der Waals surface area contributed by atoms with Gasteiger partial charge in [0.2, 0.25) is 0 Å². The van der Waals surface area contributed by atoms with E-state index in [4.69, 9.17) is 4.74 Å². The molecule has 3 rings (SSSR count). The highest BCUT2D eigenvalue weighted by atomic mass is 16.5. The van der Waals surface area contributed by atoms with Crippen molar-refractivity contribution in [1.82, 2.24) is 0 Å². The first-order valence-electron chi connectivity index (χ1n) is 6.40. The summed E-state index contributed by atoms with van der Waals surface area (Å²) < 4.78 is 5.47. The van der Waals surface area contributed by atoms with Crippen LogP contribution in [0, 0.1) is 0 Å². The molecule has 3 heteroatoms. The van der Waals surface area contributed by atoms with Gasteiger partial charge in [0.15, 0.2) is 0 Å². The number of nitrogens with one attached hydrogen (secondary N) is 1. The van der Waals surface area contributed by atoms with Gasteiger partial charge < -0.3 is 15.0 Å².